The van der Waals surface area contributed by atoms with Crippen LogP contribution < -0.4 is 5.32 Å². The molecule has 1 fully saturated rings. The van der Waals surface area contributed by atoms with Crippen molar-refractivity contribution < 1.29 is 9.59 Å². The summed E-state index contributed by atoms with van der Waals surface area (Å²) < 4.78 is 2.03. The predicted molar refractivity (Wildman–Crippen MR) is 120 cm³/mol. The number of hydrogen-bond acceptors (Lipinski definition) is 3. The van der Waals surface area contributed by atoms with Crippen LogP contribution in [0.25, 0.3) is 11.0 Å². The Labute approximate surface area is 180 Å². The molecule has 6 nitrogen and oxygen atoms in total. The smallest absolute Gasteiger partial charge is 0.242 e. The number of nitrogens with one attached hydrogen (secondary N) is 1. The number of nitrogens with zero attached hydrogens (tertiary/aromatic N) is 3. The molecule has 0 spiro atoms. The Balaban J connectivity index is 1.69. The molecule has 1 aliphatic carbocycles. The number of fused-ring (bicyclic) bond motifs is 1. The molecule has 1 aromatic carbocycles. The lowest BCUT2D eigenvalue weighted by molar-refractivity contribution is -0.132. The minimum Gasteiger partial charge on any atom is -0.355 e. The first-order chi connectivity index (χ1) is 14.6. The van der Waals surface area contributed by atoms with Gasteiger partial charge in [-0.3, -0.25) is 9.59 Å². The molecular weight excluding hydrogens is 376 g/mol. The first-order valence-corrected chi connectivity index (χ1v) is 11.6. The van der Waals surface area contributed by atoms with E-state index in [2.05, 4.69) is 19.2 Å². The summed E-state index contributed by atoms with van der Waals surface area (Å²) in [6.07, 6.45) is 8.10. The van der Waals surface area contributed by atoms with Gasteiger partial charge in [0.05, 0.1) is 11.0 Å². The van der Waals surface area contributed by atoms with Gasteiger partial charge < -0.3 is 14.8 Å². The molecule has 2 aromatic rings. The van der Waals surface area contributed by atoms with Gasteiger partial charge in [-0.25, -0.2) is 4.98 Å². The van der Waals surface area contributed by atoms with E-state index in [1.54, 1.807) is 0 Å². The highest BCUT2D eigenvalue weighted by atomic mass is 16.2. The molecular formula is C24H36N4O2. The molecule has 1 aromatic heterocycles. The Hall–Kier alpha value is -2.37. The lowest BCUT2D eigenvalue weighted by Crippen LogP contribution is -2.36. The largest absolute Gasteiger partial charge is 0.355 e. The maximum atomic E-state index is 13.0. The van der Waals surface area contributed by atoms with E-state index in [1.807, 2.05) is 33.7 Å². The molecule has 164 valence electrons. The molecule has 6 heteroatoms. The van der Waals surface area contributed by atoms with E-state index in [1.165, 1.54) is 6.42 Å². The monoisotopic (exact) mass is 412 g/mol. The lowest BCUT2D eigenvalue weighted by Gasteiger charge is -2.22. The molecule has 2 amide bonds. The van der Waals surface area contributed by atoms with Gasteiger partial charge in [0.2, 0.25) is 11.8 Å². The van der Waals surface area contributed by atoms with Crippen molar-refractivity contribution in [1.82, 2.24) is 19.8 Å². The van der Waals surface area contributed by atoms with Gasteiger partial charge in [0.1, 0.15) is 12.4 Å². The number of hydrogen-bond donors (Lipinski definition) is 1. The van der Waals surface area contributed by atoms with Crippen molar-refractivity contribution in [2.45, 2.75) is 71.8 Å². The summed E-state index contributed by atoms with van der Waals surface area (Å²) in [4.78, 5) is 32.2. The van der Waals surface area contributed by atoms with Gasteiger partial charge in [0, 0.05) is 32.0 Å². The summed E-state index contributed by atoms with van der Waals surface area (Å²) >= 11 is 0. The van der Waals surface area contributed by atoms with Crippen LogP contribution in [0.3, 0.4) is 0 Å². The highest BCUT2D eigenvalue weighted by molar-refractivity contribution is 5.81. The highest BCUT2D eigenvalue weighted by Crippen LogP contribution is 2.23. The zero-order valence-corrected chi connectivity index (χ0v) is 18.5. The topological polar surface area (TPSA) is 67.2 Å². The van der Waals surface area contributed by atoms with Crippen LogP contribution in [0.2, 0.25) is 0 Å². The Kier molecular flexibility index (Phi) is 8.29. The second-order valence-corrected chi connectivity index (χ2v) is 8.36. The van der Waals surface area contributed by atoms with Crippen LogP contribution in [0.15, 0.2) is 24.3 Å². The van der Waals surface area contributed by atoms with E-state index in [9.17, 15) is 9.59 Å². The van der Waals surface area contributed by atoms with Crippen LogP contribution in [0, 0.1) is 5.92 Å². The van der Waals surface area contributed by atoms with Crippen LogP contribution in [0.5, 0.6) is 0 Å². The zero-order valence-electron chi connectivity index (χ0n) is 18.5. The zero-order chi connectivity index (χ0) is 21.3. The third-order valence-electron chi connectivity index (χ3n) is 5.99. The quantitative estimate of drug-likeness (QED) is 0.643. The van der Waals surface area contributed by atoms with E-state index >= 15 is 0 Å². The van der Waals surface area contributed by atoms with Gasteiger partial charge in [-0.1, -0.05) is 45.2 Å². The first kappa shape index (κ1) is 22.3. The fourth-order valence-electron chi connectivity index (χ4n) is 4.44. The first-order valence-electron chi connectivity index (χ1n) is 11.6. The van der Waals surface area contributed by atoms with Gasteiger partial charge >= 0.3 is 0 Å². The van der Waals surface area contributed by atoms with E-state index in [4.69, 9.17) is 4.98 Å². The fraction of sp³-hybridized carbons (Fsp3) is 0.625. The number of imidazole rings is 1. The molecule has 1 N–H and O–H groups in total. The van der Waals surface area contributed by atoms with Crippen LogP contribution in [-0.4, -0.2) is 45.9 Å². The summed E-state index contributed by atoms with van der Waals surface area (Å²) in [5.74, 6) is 1.33. The summed E-state index contributed by atoms with van der Waals surface area (Å²) in [6, 6.07) is 7.95. The van der Waals surface area contributed by atoms with Gasteiger partial charge in [-0.15, -0.1) is 0 Å². The molecule has 0 aliphatic heterocycles. The van der Waals surface area contributed by atoms with Gasteiger partial charge in [-0.05, 0) is 37.8 Å². The number of aromatic nitrogens is 2. The Morgan fingerprint density at radius 3 is 2.50 bits per heavy atom. The average Bonchev–Trinajstić information content (AvgIpc) is 3.11. The van der Waals surface area contributed by atoms with Gasteiger partial charge in [0.25, 0.3) is 0 Å². The highest BCUT2D eigenvalue weighted by Gasteiger charge is 2.21. The summed E-state index contributed by atoms with van der Waals surface area (Å²) in [5, 5.41) is 3.10. The number of carbonyl (C=O) groups excluding carboxylic acids is 2. The molecule has 30 heavy (non-hydrogen) atoms. The number of rotatable bonds is 10. The van der Waals surface area contributed by atoms with Gasteiger partial charge in [-0.2, -0.15) is 0 Å². The minimum atomic E-state index is 0.134. The molecule has 0 atom stereocenters. The second kappa shape index (κ2) is 11.1. The number of carbonyl (C=O) groups is 2. The Morgan fingerprint density at radius 2 is 1.80 bits per heavy atom. The molecule has 0 radical (unpaired) electrons. The molecule has 0 saturated heterocycles. The maximum absolute atomic E-state index is 13.0. The van der Waals surface area contributed by atoms with E-state index in [-0.39, 0.29) is 17.7 Å². The van der Waals surface area contributed by atoms with Gasteiger partial charge in [0.15, 0.2) is 0 Å². The van der Waals surface area contributed by atoms with Crippen LogP contribution in [-0.2, 0) is 22.6 Å². The van der Waals surface area contributed by atoms with Crippen molar-refractivity contribution in [3.05, 3.63) is 30.1 Å². The van der Waals surface area contributed by atoms with Crippen LogP contribution in [0.4, 0.5) is 0 Å². The normalized spacial score (nSPS) is 14.7. The maximum Gasteiger partial charge on any atom is 0.242 e. The molecule has 1 aliphatic rings. The molecule has 0 unspecified atom stereocenters. The molecule has 3 rings (SSSR count). The Morgan fingerprint density at radius 1 is 1.10 bits per heavy atom. The summed E-state index contributed by atoms with van der Waals surface area (Å²) in [5.41, 5.74) is 1.88. The number of amides is 2. The SMILES string of the molecule is CCCN(CCC)C(=O)Cn1c(CCNC(=O)C2CCCCC2)nc2ccccc21. The van der Waals surface area contributed by atoms with Crippen molar-refractivity contribution in [3.8, 4) is 0 Å². The number of benzene rings is 1. The van der Waals surface area contributed by atoms with Crippen molar-refractivity contribution in [2.75, 3.05) is 19.6 Å². The fourth-order valence-corrected chi connectivity index (χ4v) is 4.44. The second-order valence-electron chi connectivity index (χ2n) is 8.36. The third-order valence-corrected chi connectivity index (χ3v) is 5.99. The molecule has 0 bridgehead atoms. The number of para-hydroxylation sites is 2. The van der Waals surface area contributed by atoms with Crippen molar-refractivity contribution in [3.63, 3.8) is 0 Å². The average molecular weight is 413 g/mol. The van der Waals surface area contributed by atoms with Crippen LogP contribution >= 0.6 is 0 Å². The van der Waals surface area contributed by atoms with Crippen molar-refractivity contribution in [2.24, 2.45) is 5.92 Å². The van der Waals surface area contributed by atoms with E-state index in [0.717, 1.165) is 68.5 Å². The molecule has 1 heterocycles. The Bertz CT molecular complexity index is 833. The van der Waals surface area contributed by atoms with Crippen molar-refractivity contribution >= 4 is 22.8 Å². The lowest BCUT2D eigenvalue weighted by atomic mass is 9.89. The van der Waals surface area contributed by atoms with E-state index < -0.39 is 0 Å². The summed E-state index contributed by atoms with van der Waals surface area (Å²) in [7, 11) is 0. The standard InChI is InChI=1S/C24H36N4O2/c1-3-16-27(17-4-2)23(29)18-28-21-13-9-8-12-20(21)26-22(28)14-15-25-24(30)19-10-6-5-7-11-19/h8-9,12-13,19H,3-7,10-11,14-18H2,1-2H3,(H,25,30). The van der Waals surface area contributed by atoms with Crippen LogP contribution in [0.1, 0.15) is 64.6 Å². The predicted octanol–water partition coefficient (Wildman–Crippen LogP) is 3.92. The summed E-state index contributed by atoms with van der Waals surface area (Å²) in [6.45, 7) is 6.62. The minimum absolute atomic E-state index is 0.134. The molecule has 1 saturated carbocycles. The third kappa shape index (κ3) is 5.61. The van der Waals surface area contributed by atoms with Crippen molar-refractivity contribution in [1.29, 1.82) is 0 Å². The van der Waals surface area contributed by atoms with E-state index in [0.29, 0.717) is 19.5 Å².